The van der Waals surface area contributed by atoms with Crippen molar-refractivity contribution in [3.8, 4) is 11.5 Å². The molecule has 1 aromatic carbocycles. The predicted octanol–water partition coefficient (Wildman–Crippen LogP) is 1.53. The van der Waals surface area contributed by atoms with Crippen molar-refractivity contribution in [2.45, 2.75) is 25.4 Å². The number of hydrogen-bond acceptors (Lipinski definition) is 4. The van der Waals surface area contributed by atoms with E-state index in [1.165, 1.54) is 7.11 Å². The van der Waals surface area contributed by atoms with E-state index in [1.807, 2.05) is 0 Å². The molecule has 1 amide bonds. The molecule has 6 heteroatoms. The van der Waals surface area contributed by atoms with Gasteiger partial charge in [0.1, 0.15) is 0 Å². The number of carbonyl (C=O) groups excluding carboxylic acids is 1. The van der Waals surface area contributed by atoms with Crippen LogP contribution in [0.25, 0.3) is 0 Å². The molecule has 1 saturated heterocycles. The lowest BCUT2D eigenvalue weighted by atomic mass is 10.1. The number of carbonyl (C=O) groups is 1. The quantitative estimate of drug-likeness (QED) is 0.885. The fraction of sp³-hybridized carbons (Fsp3) is 0.500. The van der Waals surface area contributed by atoms with Crippen molar-refractivity contribution < 1.29 is 14.6 Å². The van der Waals surface area contributed by atoms with Crippen molar-refractivity contribution in [3.63, 3.8) is 0 Å². The molecule has 2 rings (SSSR count). The number of halogens is 1. The van der Waals surface area contributed by atoms with Crippen LogP contribution in [-0.4, -0.2) is 42.7 Å². The molecule has 1 heterocycles. The van der Waals surface area contributed by atoms with Crippen LogP contribution in [0.2, 0.25) is 0 Å². The second kappa shape index (κ2) is 7.36. The Bertz CT molecular complexity index is 462. The average molecular weight is 301 g/mol. The van der Waals surface area contributed by atoms with E-state index in [2.05, 4.69) is 5.32 Å². The van der Waals surface area contributed by atoms with Gasteiger partial charge in [-0.1, -0.05) is 6.07 Å². The van der Waals surface area contributed by atoms with Crippen LogP contribution in [0.3, 0.4) is 0 Å². The number of nitrogens with one attached hydrogen (secondary N) is 1. The van der Waals surface area contributed by atoms with Crippen LogP contribution in [0.4, 0.5) is 0 Å². The molecular weight excluding hydrogens is 280 g/mol. The smallest absolute Gasteiger partial charge is 0.239 e. The van der Waals surface area contributed by atoms with Gasteiger partial charge in [-0.2, -0.15) is 0 Å². The average Bonchev–Trinajstić information content (AvgIpc) is 2.94. The number of phenols is 1. The van der Waals surface area contributed by atoms with Gasteiger partial charge < -0.3 is 20.1 Å². The maximum atomic E-state index is 12.2. The molecule has 0 spiro atoms. The summed E-state index contributed by atoms with van der Waals surface area (Å²) in [4.78, 5) is 13.9. The first kappa shape index (κ1) is 16.6. The summed E-state index contributed by atoms with van der Waals surface area (Å²) < 4.78 is 5.06. The van der Waals surface area contributed by atoms with Crippen LogP contribution in [0.1, 0.15) is 18.4 Å². The molecule has 1 aliphatic heterocycles. The summed E-state index contributed by atoms with van der Waals surface area (Å²) in [6.45, 7) is 1.42. The van der Waals surface area contributed by atoms with E-state index >= 15 is 0 Å². The first-order valence-electron chi connectivity index (χ1n) is 6.46. The molecule has 20 heavy (non-hydrogen) atoms. The second-order valence-corrected chi connectivity index (χ2v) is 4.85. The summed E-state index contributed by atoms with van der Waals surface area (Å²) in [6.07, 6.45) is 1.96. The van der Waals surface area contributed by atoms with E-state index in [0.29, 0.717) is 12.3 Å². The maximum Gasteiger partial charge on any atom is 0.239 e. The van der Waals surface area contributed by atoms with Crippen LogP contribution in [0.15, 0.2) is 18.2 Å². The highest BCUT2D eigenvalue weighted by molar-refractivity contribution is 5.85. The van der Waals surface area contributed by atoms with Gasteiger partial charge in [-0.25, -0.2) is 0 Å². The van der Waals surface area contributed by atoms with Gasteiger partial charge in [0.25, 0.3) is 0 Å². The number of hydrogen-bond donors (Lipinski definition) is 2. The molecule has 2 N–H and O–H groups in total. The van der Waals surface area contributed by atoms with Crippen LogP contribution < -0.4 is 10.1 Å². The Kier molecular flexibility index (Phi) is 6.10. The Morgan fingerprint density at radius 3 is 2.90 bits per heavy atom. The SMILES string of the molecule is COc1cc(CN(C)C(=O)C2CCCN2)ccc1O.Cl. The number of likely N-dealkylation sites (N-methyl/N-ethyl adjacent to an activating group) is 1. The standard InChI is InChI=1S/C14H20N2O3.ClH/c1-16(14(18)11-4-3-7-15-11)9-10-5-6-12(17)13(8-10)19-2;/h5-6,8,11,15,17H,3-4,7,9H2,1-2H3;1H. The highest BCUT2D eigenvalue weighted by Crippen LogP contribution is 2.26. The van der Waals surface area contributed by atoms with E-state index in [4.69, 9.17) is 4.74 Å². The number of methoxy groups -OCH3 is 1. The molecule has 0 bridgehead atoms. The zero-order valence-electron chi connectivity index (χ0n) is 11.8. The van der Waals surface area contributed by atoms with Gasteiger partial charge in [0, 0.05) is 13.6 Å². The Balaban J connectivity index is 0.00000200. The van der Waals surface area contributed by atoms with Gasteiger partial charge in [0.05, 0.1) is 13.2 Å². The minimum Gasteiger partial charge on any atom is -0.504 e. The van der Waals surface area contributed by atoms with Gasteiger partial charge in [-0.15, -0.1) is 12.4 Å². The van der Waals surface area contributed by atoms with Crippen LogP contribution in [-0.2, 0) is 11.3 Å². The maximum absolute atomic E-state index is 12.2. The van der Waals surface area contributed by atoms with Crippen molar-refractivity contribution in [1.82, 2.24) is 10.2 Å². The Labute approximate surface area is 125 Å². The molecule has 0 aromatic heterocycles. The number of nitrogens with zero attached hydrogens (tertiary/aromatic N) is 1. The lowest BCUT2D eigenvalue weighted by molar-refractivity contribution is -0.132. The summed E-state index contributed by atoms with van der Waals surface area (Å²) >= 11 is 0. The minimum absolute atomic E-state index is 0. The fourth-order valence-corrected chi connectivity index (χ4v) is 2.33. The molecule has 5 nitrogen and oxygen atoms in total. The first-order chi connectivity index (χ1) is 9.11. The van der Waals surface area contributed by atoms with Crippen molar-refractivity contribution >= 4 is 18.3 Å². The number of benzene rings is 1. The van der Waals surface area contributed by atoms with Crippen molar-refractivity contribution in [1.29, 1.82) is 0 Å². The summed E-state index contributed by atoms with van der Waals surface area (Å²) in [6, 6.07) is 5.08. The first-order valence-corrected chi connectivity index (χ1v) is 6.46. The van der Waals surface area contributed by atoms with Crippen molar-refractivity contribution in [3.05, 3.63) is 23.8 Å². The number of phenolic OH excluding ortho intramolecular Hbond substituents is 1. The third-order valence-corrected chi connectivity index (χ3v) is 3.40. The molecule has 0 radical (unpaired) electrons. The largest absolute Gasteiger partial charge is 0.504 e. The van der Waals surface area contributed by atoms with Crippen LogP contribution >= 0.6 is 12.4 Å². The van der Waals surface area contributed by atoms with E-state index in [9.17, 15) is 9.90 Å². The molecule has 1 aliphatic rings. The molecular formula is C14H21ClN2O3. The summed E-state index contributed by atoms with van der Waals surface area (Å²) in [5, 5.41) is 12.7. The van der Waals surface area contributed by atoms with Gasteiger partial charge in [0.2, 0.25) is 5.91 Å². The number of rotatable bonds is 4. The highest BCUT2D eigenvalue weighted by Gasteiger charge is 2.24. The Morgan fingerprint density at radius 1 is 1.55 bits per heavy atom. The molecule has 1 fully saturated rings. The number of amides is 1. The second-order valence-electron chi connectivity index (χ2n) is 4.85. The summed E-state index contributed by atoms with van der Waals surface area (Å²) in [7, 11) is 3.30. The number of ether oxygens (including phenoxy) is 1. The van der Waals surface area contributed by atoms with Crippen LogP contribution in [0, 0.1) is 0 Å². The molecule has 1 aromatic rings. The van der Waals surface area contributed by atoms with Gasteiger partial charge in [-0.3, -0.25) is 4.79 Å². The van der Waals surface area contributed by atoms with E-state index in [1.54, 1.807) is 30.1 Å². The summed E-state index contributed by atoms with van der Waals surface area (Å²) in [5.41, 5.74) is 0.934. The zero-order valence-corrected chi connectivity index (χ0v) is 12.6. The lowest BCUT2D eigenvalue weighted by Gasteiger charge is -2.21. The molecule has 112 valence electrons. The van der Waals surface area contributed by atoms with Gasteiger partial charge in [-0.05, 0) is 37.1 Å². The van der Waals surface area contributed by atoms with E-state index in [0.717, 1.165) is 24.9 Å². The third kappa shape index (κ3) is 3.77. The Hall–Kier alpha value is -1.46. The Morgan fingerprint density at radius 2 is 2.30 bits per heavy atom. The highest BCUT2D eigenvalue weighted by atomic mass is 35.5. The molecule has 0 aliphatic carbocycles. The van der Waals surface area contributed by atoms with Gasteiger partial charge >= 0.3 is 0 Å². The molecule has 1 atom stereocenters. The zero-order chi connectivity index (χ0) is 13.8. The lowest BCUT2D eigenvalue weighted by Crippen LogP contribution is -2.41. The molecule has 1 unspecified atom stereocenters. The van der Waals surface area contributed by atoms with Crippen LogP contribution in [0.5, 0.6) is 11.5 Å². The van der Waals surface area contributed by atoms with Crippen molar-refractivity contribution in [2.24, 2.45) is 0 Å². The minimum atomic E-state index is -0.0518. The third-order valence-electron chi connectivity index (χ3n) is 3.40. The summed E-state index contributed by atoms with van der Waals surface area (Å²) in [5.74, 6) is 0.652. The van der Waals surface area contributed by atoms with E-state index < -0.39 is 0 Å². The monoisotopic (exact) mass is 300 g/mol. The van der Waals surface area contributed by atoms with Crippen molar-refractivity contribution in [2.75, 3.05) is 20.7 Å². The number of aromatic hydroxyl groups is 1. The predicted molar refractivity (Wildman–Crippen MR) is 79.4 cm³/mol. The van der Waals surface area contributed by atoms with Gasteiger partial charge in [0.15, 0.2) is 11.5 Å². The van der Waals surface area contributed by atoms with E-state index in [-0.39, 0.29) is 30.1 Å². The normalized spacial score (nSPS) is 17.4. The fourth-order valence-electron chi connectivity index (χ4n) is 2.33. The topological polar surface area (TPSA) is 61.8 Å². The molecule has 0 saturated carbocycles.